The lowest BCUT2D eigenvalue weighted by Crippen LogP contribution is -1.92. The lowest BCUT2D eigenvalue weighted by molar-refractivity contribution is 1.07. The quantitative estimate of drug-likeness (QED) is 0.769. The maximum Gasteiger partial charge on any atom is 0.0925 e. The van der Waals surface area contributed by atoms with Gasteiger partial charge in [0, 0.05) is 12.1 Å². The Kier molecular flexibility index (Phi) is 2.84. The van der Waals surface area contributed by atoms with Crippen LogP contribution in [0.2, 0.25) is 0 Å². The molecule has 0 amide bonds. The molecular weight excluding hydrogens is 196 g/mol. The van der Waals surface area contributed by atoms with Crippen LogP contribution in [0.5, 0.6) is 0 Å². The predicted molar refractivity (Wildman–Crippen MR) is 57.4 cm³/mol. The molecule has 1 heterocycles. The highest BCUT2D eigenvalue weighted by atomic mass is 35.5. The lowest BCUT2D eigenvalue weighted by Gasteiger charge is -2.00. The molecule has 2 aromatic rings. The number of H-pyrrole nitrogens is 1. The number of hydrogen-bond acceptors (Lipinski definition) is 1. The molecular formula is C11H11ClN2. The fraction of sp³-hybridized carbons (Fsp3) is 0.182. The van der Waals surface area contributed by atoms with Gasteiger partial charge in [-0.1, -0.05) is 30.3 Å². The first-order valence-electron chi connectivity index (χ1n) is 4.51. The van der Waals surface area contributed by atoms with Crippen LogP contribution in [0.15, 0.2) is 36.7 Å². The molecule has 0 saturated heterocycles. The molecule has 0 spiro atoms. The Balaban J connectivity index is 2.19. The van der Waals surface area contributed by atoms with Gasteiger partial charge in [0.15, 0.2) is 0 Å². The number of aromatic nitrogens is 2. The van der Waals surface area contributed by atoms with E-state index in [1.165, 1.54) is 5.56 Å². The van der Waals surface area contributed by atoms with E-state index < -0.39 is 0 Å². The second-order valence-electron chi connectivity index (χ2n) is 3.12. The number of nitrogens with zero attached hydrogens (tertiary/aromatic N) is 1. The highest BCUT2D eigenvalue weighted by Crippen LogP contribution is 2.11. The van der Waals surface area contributed by atoms with Gasteiger partial charge < -0.3 is 4.98 Å². The highest BCUT2D eigenvalue weighted by Gasteiger charge is 2.04. The highest BCUT2D eigenvalue weighted by molar-refractivity contribution is 6.16. The third-order valence-electron chi connectivity index (χ3n) is 2.16. The number of rotatable bonds is 3. The molecule has 0 aliphatic heterocycles. The smallest absolute Gasteiger partial charge is 0.0925 e. The Bertz CT molecular complexity index is 395. The number of alkyl halides is 1. The molecule has 2 rings (SSSR count). The zero-order valence-electron chi connectivity index (χ0n) is 7.70. The van der Waals surface area contributed by atoms with E-state index in [-0.39, 0.29) is 0 Å². The summed E-state index contributed by atoms with van der Waals surface area (Å²) in [5, 5.41) is 0. The van der Waals surface area contributed by atoms with Gasteiger partial charge >= 0.3 is 0 Å². The van der Waals surface area contributed by atoms with Crippen LogP contribution in [0.4, 0.5) is 0 Å². The van der Waals surface area contributed by atoms with Gasteiger partial charge in [0.05, 0.1) is 17.9 Å². The molecule has 14 heavy (non-hydrogen) atoms. The van der Waals surface area contributed by atoms with E-state index in [1.54, 1.807) is 6.33 Å². The van der Waals surface area contributed by atoms with Crippen molar-refractivity contribution in [2.45, 2.75) is 12.3 Å². The topological polar surface area (TPSA) is 28.7 Å². The van der Waals surface area contributed by atoms with Gasteiger partial charge in [-0.15, -0.1) is 11.6 Å². The molecule has 2 nitrogen and oxygen atoms in total. The van der Waals surface area contributed by atoms with E-state index in [0.29, 0.717) is 5.88 Å². The van der Waals surface area contributed by atoms with Crippen LogP contribution in [-0.2, 0) is 12.3 Å². The van der Waals surface area contributed by atoms with Crippen LogP contribution in [0.3, 0.4) is 0 Å². The number of hydrogen-bond donors (Lipinski definition) is 1. The van der Waals surface area contributed by atoms with E-state index in [1.807, 2.05) is 18.2 Å². The van der Waals surface area contributed by atoms with Gasteiger partial charge in [0.2, 0.25) is 0 Å². The Morgan fingerprint density at radius 2 is 2.00 bits per heavy atom. The lowest BCUT2D eigenvalue weighted by atomic mass is 10.1. The third kappa shape index (κ3) is 1.96. The summed E-state index contributed by atoms with van der Waals surface area (Å²) in [5.74, 6) is 0.464. The van der Waals surface area contributed by atoms with Gasteiger partial charge in [-0.25, -0.2) is 4.98 Å². The van der Waals surface area contributed by atoms with E-state index in [2.05, 4.69) is 22.1 Å². The number of benzene rings is 1. The molecule has 0 atom stereocenters. The molecule has 0 aliphatic rings. The van der Waals surface area contributed by atoms with Crippen molar-refractivity contribution in [2.24, 2.45) is 0 Å². The number of imidazole rings is 1. The van der Waals surface area contributed by atoms with Crippen molar-refractivity contribution in [3.8, 4) is 0 Å². The summed E-state index contributed by atoms with van der Waals surface area (Å²) in [6.07, 6.45) is 2.55. The van der Waals surface area contributed by atoms with Crippen molar-refractivity contribution < 1.29 is 0 Å². The molecule has 0 radical (unpaired) electrons. The molecule has 0 saturated carbocycles. The second kappa shape index (κ2) is 4.29. The van der Waals surface area contributed by atoms with E-state index in [0.717, 1.165) is 17.8 Å². The summed E-state index contributed by atoms with van der Waals surface area (Å²) in [4.78, 5) is 7.25. The Labute approximate surface area is 88.0 Å². The molecule has 0 fully saturated rings. The monoisotopic (exact) mass is 206 g/mol. The van der Waals surface area contributed by atoms with Crippen molar-refractivity contribution in [1.82, 2.24) is 9.97 Å². The summed E-state index contributed by atoms with van der Waals surface area (Å²) >= 11 is 5.76. The summed E-state index contributed by atoms with van der Waals surface area (Å²) in [5.41, 5.74) is 3.31. The predicted octanol–water partition coefficient (Wildman–Crippen LogP) is 2.74. The Hall–Kier alpha value is -1.28. The number of aromatic amines is 1. The SMILES string of the molecule is ClCc1nc[nH]c1Cc1ccccc1. The molecule has 0 unspecified atom stereocenters. The minimum absolute atomic E-state index is 0.464. The number of halogens is 1. The van der Waals surface area contributed by atoms with Gasteiger partial charge in [0.25, 0.3) is 0 Å². The van der Waals surface area contributed by atoms with Crippen LogP contribution in [0.1, 0.15) is 17.0 Å². The van der Waals surface area contributed by atoms with Crippen LogP contribution >= 0.6 is 11.6 Å². The van der Waals surface area contributed by atoms with Crippen LogP contribution in [0.25, 0.3) is 0 Å². The summed E-state index contributed by atoms with van der Waals surface area (Å²) in [6, 6.07) is 10.3. The van der Waals surface area contributed by atoms with Crippen molar-refractivity contribution in [2.75, 3.05) is 0 Å². The summed E-state index contributed by atoms with van der Waals surface area (Å²) in [6.45, 7) is 0. The van der Waals surface area contributed by atoms with Crippen LogP contribution < -0.4 is 0 Å². The Morgan fingerprint density at radius 1 is 1.21 bits per heavy atom. The van der Waals surface area contributed by atoms with Gasteiger partial charge in [-0.05, 0) is 5.56 Å². The van der Waals surface area contributed by atoms with Crippen molar-refractivity contribution >= 4 is 11.6 Å². The zero-order chi connectivity index (χ0) is 9.80. The van der Waals surface area contributed by atoms with Crippen molar-refractivity contribution in [3.05, 3.63) is 53.6 Å². The maximum absolute atomic E-state index is 5.76. The minimum atomic E-state index is 0.464. The van der Waals surface area contributed by atoms with E-state index >= 15 is 0 Å². The van der Waals surface area contributed by atoms with Gasteiger partial charge in [-0.3, -0.25) is 0 Å². The van der Waals surface area contributed by atoms with Crippen molar-refractivity contribution in [3.63, 3.8) is 0 Å². The second-order valence-corrected chi connectivity index (χ2v) is 3.39. The van der Waals surface area contributed by atoms with Gasteiger partial charge in [-0.2, -0.15) is 0 Å². The molecule has 3 heteroatoms. The molecule has 0 aliphatic carbocycles. The largest absolute Gasteiger partial charge is 0.348 e. The molecule has 1 aromatic carbocycles. The first-order chi connectivity index (χ1) is 6.90. The summed E-state index contributed by atoms with van der Waals surface area (Å²) in [7, 11) is 0. The van der Waals surface area contributed by atoms with Crippen LogP contribution in [0, 0.1) is 0 Å². The van der Waals surface area contributed by atoms with E-state index in [4.69, 9.17) is 11.6 Å². The molecule has 72 valence electrons. The normalized spacial score (nSPS) is 10.4. The van der Waals surface area contributed by atoms with E-state index in [9.17, 15) is 0 Å². The standard InChI is InChI=1S/C11H11ClN2/c12-7-11-10(13-8-14-11)6-9-4-2-1-3-5-9/h1-5,8H,6-7H2,(H,13,14). The first-order valence-corrected chi connectivity index (χ1v) is 5.04. The summed E-state index contributed by atoms with van der Waals surface area (Å²) < 4.78 is 0. The molecule has 1 aromatic heterocycles. The maximum atomic E-state index is 5.76. The van der Waals surface area contributed by atoms with Gasteiger partial charge in [0.1, 0.15) is 0 Å². The Morgan fingerprint density at radius 3 is 2.71 bits per heavy atom. The zero-order valence-corrected chi connectivity index (χ0v) is 8.46. The fourth-order valence-corrected chi connectivity index (χ4v) is 1.65. The number of nitrogens with one attached hydrogen (secondary N) is 1. The van der Waals surface area contributed by atoms with Crippen LogP contribution in [-0.4, -0.2) is 9.97 Å². The van der Waals surface area contributed by atoms with Crippen molar-refractivity contribution in [1.29, 1.82) is 0 Å². The molecule has 1 N–H and O–H groups in total. The molecule has 0 bridgehead atoms. The average Bonchev–Trinajstić information content (AvgIpc) is 2.67. The minimum Gasteiger partial charge on any atom is -0.348 e. The average molecular weight is 207 g/mol. The third-order valence-corrected chi connectivity index (χ3v) is 2.41. The first kappa shape index (κ1) is 9.28. The fourth-order valence-electron chi connectivity index (χ4n) is 1.42.